The van der Waals surface area contributed by atoms with Crippen molar-refractivity contribution in [1.29, 1.82) is 0 Å². The summed E-state index contributed by atoms with van der Waals surface area (Å²) in [5.74, 6) is 0.967. The molecule has 1 aliphatic heterocycles. The first-order valence-corrected chi connectivity index (χ1v) is 6.93. The normalized spacial score (nSPS) is 19.7. The van der Waals surface area contributed by atoms with E-state index in [1.807, 2.05) is 19.1 Å². The van der Waals surface area contributed by atoms with E-state index in [1.54, 1.807) is 0 Å². The first-order valence-electron chi connectivity index (χ1n) is 6.93. The lowest BCUT2D eigenvalue weighted by atomic mass is 10.1. The Balaban J connectivity index is 1.86. The molecular formula is C15H24N2O. The van der Waals surface area contributed by atoms with Gasteiger partial charge in [-0.2, -0.15) is 0 Å². The Morgan fingerprint density at radius 2 is 1.89 bits per heavy atom. The molecule has 1 aromatic carbocycles. The van der Waals surface area contributed by atoms with Crippen molar-refractivity contribution < 1.29 is 4.74 Å². The van der Waals surface area contributed by atoms with Crippen molar-refractivity contribution in [1.82, 2.24) is 4.90 Å². The van der Waals surface area contributed by atoms with E-state index in [4.69, 9.17) is 10.5 Å². The molecule has 2 rings (SSSR count). The highest BCUT2D eigenvalue weighted by Crippen LogP contribution is 2.21. The van der Waals surface area contributed by atoms with Crippen molar-refractivity contribution in [2.75, 3.05) is 19.6 Å². The van der Waals surface area contributed by atoms with Crippen molar-refractivity contribution in [3.05, 3.63) is 29.8 Å². The van der Waals surface area contributed by atoms with Gasteiger partial charge in [-0.25, -0.2) is 0 Å². The number of benzene rings is 1. The van der Waals surface area contributed by atoms with Gasteiger partial charge in [-0.3, -0.25) is 0 Å². The predicted molar refractivity (Wildman–Crippen MR) is 74.8 cm³/mol. The van der Waals surface area contributed by atoms with Crippen LogP contribution < -0.4 is 10.5 Å². The third-order valence-electron chi connectivity index (χ3n) is 3.69. The van der Waals surface area contributed by atoms with Crippen molar-refractivity contribution in [3.8, 4) is 5.75 Å². The van der Waals surface area contributed by atoms with E-state index in [9.17, 15) is 0 Å². The minimum absolute atomic E-state index is 0.0897. The number of piperidine rings is 1. The molecule has 1 unspecified atom stereocenters. The predicted octanol–water partition coefficient (Wildman–Crippen LogP) is 2.57. The Kier molecular flexibility index (Phi) is 4.61. The summed E-state index contributed by atoms with van der Waals surface area (Å²) >= 11 is 0. The molecule has 0 aromatic heterocycles. The number of hydrogen-bond acceptors (Lipinski definition) is 3. The van der Waals surface area contributed by atoms with E-state index >= 15 is 0 Å². The van der Waals surface area contributed by atoms with Gasteiger partial charge in [-0.05, 0) is 44.0 Å². The summed E-state index contributed by atoms with van der Waals surface area (Å²) in [6.45, 7) is 7.66. The summed E-state index contributed by atoms with van der Waals surface area (Å²) in [6, 6.07) is 8.27. The van der Waals surface area contributed by atoms with Gasteiger partial charge in [0.05, 0.1) is 0 Å². The van der Waals surface area contributed by atoms with E-state index in [2.05, 4.69) is 24.0 Å². The van der Waals surface area contributed by atoms with Crippen LogP contribution in [0.2, 0.25) is 0 Å². The molecule has 0 amide bonds. The molecule has 0 spiro atoms. The standard InChI is InChI=1S/C15H24N2O/c1-3-17-10-8-15(9-11-17)18-14-6-4-13(5-7-14)12(2)16/h4-7,12,15H,3,8-11,16H2,1-2H3. The summed E-state index contributed by atoms with van der Waals surface area (Å²) in [5, 5.41) is 0. The van der Waals surface area contributed by atoms with E-state index < -0.39 is 0 Å². The average Bonchev–Trinajstić information content (AvgIpc) is 2.40. The van der Waals surface area contributed by atoms with Gasteiger partial charge >= 0.3 is 0 Å². The van der Waals surface area contributed by atoms with Gasteiger partial charge in [0.15, 0.2) is 0 Å². The highest BCUT2D eigenvalue weighted by Gasteiger charge is 2.19. The number of ether oxygens (including phenoxy) is 1. The lowest BCUT2D eigenvalue weighted by Gasteiger charge is -2.31. The number of likely N-dealkylation sites (tertiary alicyclic amines) is 1. The quantitative estimate of drug-likeness (QED) is 0.890. The summed E-state index contributed by atoms with van der Waals surface area (Å²) in [7, 11) is 0. The third kappa shape index (κ3) is 3.47. The third-order valence-corrected chi connectivity index (χ3v) is 3.69. The van der Waals surface area contributed by atoms with Crippen LogP contribution in [-0.2, 0) is 0 Å². The second kappa shape index (κ2) is 6.21. The molecule has 0 bridgehead atoms. The van der Waals surface area contributed by atoms with Gasteiger partial charge in [0.1, 0.15) is 11.9 Å². The average molecular weight is 248 g/mol. The molecule has 0 saturated carbocycles. The smallest absolute Gasteiger partial charge is 0.119 e. The van der Waals surface area contributed by atoms with Crippen LogP contribution in [0, 0.1) is 0 Å². The van der Waals surface area contributed by atoms with Crippen LogP contribution in [0.3, 0.4) is 0 Å². The maximum Gasteiger partial charge on any atom is 0.119 e. The van der Waals surface area contributed by atoms with E-state index in [1.165, 1.54) is 0 Å². The fourth-order valence-corrected chi connectivity index (χ4v) is 2.39. The number of hydrogen-bond donors (Lipinski definition) is 1. The SMILES string of the molecule is CCN1CCC(Oc2ccc(C(C)N)cc2)CC1. The Bertz CT molecular complexity index is 353. The molecule has 100 valence electrons. The highest BCUT2D eigenvalue weighted by atomic mass is 16.5. The van der Waals surface area contributed by atoms with Crippen LogP contribution in [0.5, 0.6) is 5.75 Å². The molecule has 0 radical (unpaired) electrons. The fourth-order valence-electron chi connectivity index (χ4n) is 2.39. The zero-order valence-electron chi connectivity index (χ0n) is 11.4. The van der Waals surface area contributed by atoms with E-state index in [0.717, 1.165) is 43.8 Å². The molecule has 2 N–H and O–H groups in total. The molecule has 0 aliphatic carbocycles. The second-order valence-corrected chi connectivity index (χ2v) is 5.11. The molecule has 1 aromatic rings. The molecule has 1 heterocycles. The number of nitrogens with zero attached hydrogens (tertiary/aromatic N) is 1. The molecule has 1 atom stereocenters. The van der Waals surface area contributed by atoms with Gasteiger partial charge in [0.25, 0.3) is 0 Å². The number of nitrogens with two attached hydrogens (primary N) is 1. The molecule has 1 fully saturated rings. The first kappa shape index (κ1) is 13.4. The molecule has 1 saturated heterocycles. The van der Waals surface area contributed by atoms with Crippen molar-refractivity contribution in [2.24, 2.45) is 5.73 Å². The zero-order chi connectivity index (χ0) is 13.0. The van der Waals surface area contributed by atoms with Crippen molar-refractivity contribution in [2.45, 2.75) is 38.8 Å². The fraction of sp³-hybridized carbons (Fsp3) is 0.600. The summed E-state index contributed by atoms with van der Waals surface area (Å²) < 4.78 is 6.02. The molecule has 1 aliphatic rings. The lowest BCUT2D eigenvalue weighted by molar-refractivity contribution is 0.104. The van der Waals surface area contributed by atoms with Gasteiger partial charge < -0.3 is 15.4 Å². The van der Waals surface area contributed by atoms with Crippen LogP contribution in [0.15, 0.2) is 24.3 Å². The Morgan fingerprint density at radius 3 is 2.39 bits per heavy atom. The Hall–Kier alpha value is -1.06. The largest absolute Gasteiger partial charge is 0.490 e. The van der Waals surface area contributed by atoms with Gasteiger partial charge in [-0.15, -0.1) is 0 Å². The van der Waals surface area contributed by atoms with Crippen LogP contribution >= 0.6 is 0 Å². The van der Waals surface area contributed by atoms with Gasteiger partial charge in [0, 0.05) is 19.1 Å². The van der Waals surface area contributed by atoms with Gasteiger partial charge in [-0.1, -0.05) is 19.1 Å². The summed E-state index contributed by atoms with van der Waals surface area (Å²) in [5.41, 5.74) is 6.99. The Labute approximate surface area is 110 Å². The minimum Gasteiger partial charge on any atom is -0.490 e. The van der Waals surface area contributed by atoms with Crippen LogP contribution in [0.1, 0.15) is 38.3 Å². The zero-order valence-corrected chi connectivity index (χ0v) is 11.4. The van der Waals surface area contributed by atoms with Crippen LogP contribution in [0.4, 0.5) is 0 Å². The maximum atomic E-state index is 6.02. The molecule has 3 nitrogen and oxygen atoms in total. The molecule has 18 heavy (non-hydrogen) atoms. The lowest BCUT2D eigenvalue weighted by Crippen LogP contribution is -2.37. The molecular weight excluding hydrogens is 224 g/mol. The van der Waals surface area contributed by atoms with Crippen molar-refractivity contribution >= 4 is 0 Å². The van der Waals surface area contributed by atoms with E-state index in [0.29, 0.717) is 6.10 Å². The summed E-state index contributed by atoms with van der Waals surface area (Å²) in [6.07, 6.45) is 2.63. The monoisotopic (exact) mass is 248 g/mol. The Morgan fingerprint density at radius 1 is 1.28 bits per heavy atom. The minimum atomic E-state index is 0.0897. The highest BCUT2D eigenvalue weighted by molar-refractivity contribution is 5.28. The maximum absolute atomic E-state index is 6.02. The topological polar surface area (TPSA) is 38.5 Å². The van der Waals surface area contributed by atoms with Crippen LogP contribution in [-0.4, -0.2) is 30.6 Å². The summed E-state index contributed by atoms with van der Waals surface area (Å²) in [4.78, 5) is 2.47. The van der Waals surface area contributed by atoms with E-state index in [-0.39, 0.29) is 6.04 Å². The first-order chi connectivity index (χ1) is 8.69. The molecule has 3 heteroatoms. The van der Waals surface area contributed by atoms with Crippen LogP contribution in [0.25, 0.3) is 0 Å². The number of rotatable bonds is 4. The van der Waals surface area contributed by atoms with Crippen molar-refractivity contribution in [3.63, 3.8) is 0 Å². The second-order valence-electron chi connectivity index (χ2n) is 5.11. The van der Waals surface area contributed by atoms with Gasteiger partial charge in [0.2, 0.25) is 0 Å².